The topological polar surface area (TPSA) is 38.1 Å². The number of aromatic nitrogens is 2. The first-order valence-corrected chi connectivity index (χ1v) is 3.34. The normalized spacial score (nSPS) is 10.3. The Morgan fingerprint density at radius 3 is 2.80 bits per heavy atom. The van der Waals surface area contributed by atoms with Gasteiger partial charge < -0.3 is 5.11 Å². The van der Waals surface area contributed by atoms with Gasteiger partial charge in [-0.1, -0.05) is 0 Å². The average Bonchev–Trinajstić information content (AvgIpc) is 2.14. The van der Waals surface area contributed by atoms with Gasteiger partial charge in [-0.25, -0.2) is 0 Å². The molecule has 3 heteroatoms. The lowest BCUT2D eigenvalue weighted by Crippen LogP contribution is -1.95. The number of aryl methyl sites for hydroxylation is 2. The molecule has 1 N–H and O–H groups in total. The molecule has 0 fully saturated rings. The van der Waals surface area contributed by atoms with E-state index in [4.69, 9.17) is 5.11 Å². The molecule has 0 aliphatic carbocycles. The summed E-state index contributed by atoms with van der Waals surface area (Å²) in [4.78, 5) is 0. The second kappa shape index (κ2) is 2.84. The van der Waals surface area contributed by atoms with E-state index in [1.54, 1.807) is 0 Å². The van der Waals surface area contributed by atoms with Crippen LogP contribution in [0.4, 0.5) is 0 Å². The number of aliphatic hydroxyl groups excluding tert-OH is 1. The summed E-state index contributed by atoms with van der Waals surface area (Å²) < 4.78 is 1.81. The molecule has 0 unspecified atom stereocenters. The highest BCUT2D eigenvalue weighted by atomic mass is 16.3. The van der Waals surface area contributed by atoms with Crippen LogP contribution in [-0.4, -0.2) is 21.5 Å². The van der Waals surface area contributed by atoms with Crippen LogP contribution in [0.5, 0.6) is 0 Å². The molecule has 0 atom stereocenters. The highest BCUT2D eigenvalue weighted by Gasteiger charge is 1.98. The van der Waals surface area contributed by atoms with Crippen LogP contribution in [0.15, 0.2) is 6.07 Å². The zero-order chi connectivity index (χ0) is 7.56. The lowest BCUT2D eigenvalue weighted by molar-refractivity contribution is 0.298. The van der Waals surface area contributed by atoms with Crippen molar-refractivity contribution >= 4 is 0 Å². The van der Waals surface area contributed by atoms with Crippen molar-refractivity contribution < 1.29 is 5.11 Å². The average molecular weight is 140 g/mol. The summed E-state index contributed by atoms with van der Waals surface area (Å²) >= 11 is 0. The number of rotatable bonds is 2. The Morgan fingerprint density at radius 1 is 1.70 bits per heavy atom. The van der Waals surface area contributed by atoms with Crippen molar-refractivity contribution in [2.75, 3.05) is 6.61 Å². The van der Waals surface area contributed by atoms with E-state index in [-0.39, 0.29) is 6.61 Å². The highest BCUT2D eigenvalue weighted by Crippen LogP contribution is 2.00. The Bertz CT molecular complexity index is 198. The van der Waals surface area contributed by atoms with Crippen molar-refractivity contribution in [1.82, 2.24) is 9.78 Å². The zero-order valence-electron chi connectivity index (χ0n) is 6.33. The largest absolute Gasteiger partial charge is 0.396 e. The second-order valence-electron chi connectivity index (χ2n) is 2.37. The van der Waals surface area contributed by atoms with Crippen molar-refractivity contribution in [3.05, 3.63) is 17.5 Å². The third-order valence-corrected chi connectivity index (χ3v) is 1.53. The minimum absolute atomic E-state index is 0.177. The van der Waals surface area contributed by atoms with Crippen LogP contribution in [0.2, 0.25) is 0 Å². The summed E-state index contributed by atoms with van der Waals surface area (Å²) in [7, 11) is 1.90. The molecule has 1 aromatic rings. The lowest BCUT2D eigenvalue weighted by Gasteiger charge is -1.89. The minimum atomic E-state index is 0.177. The molecule has 0 amide bonds. The zero-order valence-corrected chi connectivity index (χ0v) is 6.33. The molecule has 10 heavy (non-hydrogen) atoms. The molecular formula is C7H12N2O. The van der Waals surface area contributed by atoms with Crippen molar-refractivity contribution in [2.24, 2.45) is 7.05 Å². The molecule has 1 rings (SSSR count). The van der Waals surface area contributed by atoms with E-state index >= 15 is 0 Å². The van der Waals surface area contributed by atoms with Gasteiger partial charge in [0, 0.05) is 25.8 Å². The van der Waals surface area contributed by atoms with Gasteiger partial charge in [-0.05, 0) is 13.0 Å². The quantitative estimate of drug-likeness (QED) is 0.640. The maximum Gasteiger partial charge on any atom is 0.0650 e. The Morgan fingerprint density at radius 2 is 2.40 bits per heavy atom. The predicted molar refractivity (Wildman–Crippen MR) is 38.7 cm³/mol. The summed E-state index contributed by atoms with van der Waals surface area (Å²) in [6.07, 6.45) is 0.654. The van der Waals surface area contributed by atoms with Crippen LogP contribution < -0.4 is 0 Å². The van der Waals surface area contributed by atoms with Gasteiger partial charge in [-0.15, -0.1) is 0 Å². The fraction of sp³-hybridized carbons (Fsp3) is 0.571. The Labute approximate surface area is 60.3 Å². The molecule has 3 nitrogen and oxygen atoms in total. The van der Waals surface area contributed by atoms with Crippen molar-refractivity contribution in [3.63, 3.8) is 0 Å². The fourth-order valence-corrected chi connectivity index (χ4v) is 0.872. The molecule has 1 aromatic heterocycles. The first kappa shape index (κ1) is 7.28. The molecule has 0 aromatic carbocycles. The second-order valence-corrected chi connectivity index (χ2v) is 2.37. The summed E-state index contributed by atoms with van der Waals surface area (Å²) in [6, 6.07) is 1.98. The molecule has 0 bridgehead atoms. The van der Waals surface area contributed by atoms with Gasteiger partial charge in [0.2, 0.25) is 0 Å². The SMILES string of the molecule is Cc1cc(CCO)nn1C. The maximum atomic E-state index is 8.57. The Hall–Kier alpha value is -0.830. The Balaban J connectivity index is 2.77. The number of hydrogen-bond acceptors (Lipinski definition) is 2. The van der Waals surface area contributed by atoms with Crippen LogP contribution in [0.25, 0.3) is 0 Å². The molecule has 0 saturated carbocycles. The van der Waals surface area contributed by atoms with Gasteiger partial charge in [0.15, 0.2) is 0 Å². The van der Waals surface area contributed by atoms with E-state index < -0.39 is 0 Å². The van der Waals surface area contributed by atoms with E-state index in [1.165, 1.54) is 0 Å². The van der Waals surface area contributed by atoms with E-state index in [9.17, 15) is 0 Å². The molecule has 0 aliphatic rings. The summed E-state index contributed by atoms with van der Waals surface area (Å²) in [6.45, 7) is 2.17. The molecular weight excluding hydrogens is 128 g/mol. The summed E-state index contributed by atoms with van der Waals surface area (Å²) in [5.74, 6) is 0. The van der Waals surface area contributed by atoms with Gasteiger partial charge in [0.1, 0.15) is 0 Å². The maximum absolute atomic E-state index is 8.57. The number of hydrogen-bond donors (Lipinski definition) is 1. The van der Waals surface area contributed by atoms with Crippen molar-refractivity contribution in [1.29, 1.82) is 0 Å². The molecule has 0 spiro atoms. The van der Waals surface area contributed by atoms with E-state index in [0.29, 0.717) is 6.42 Å². The van der Waals surface area contributed by atoms with Crippen LogP contribution in [0, 0.1) is 6.92 Å². The summed E-state index contributed by atoms with van der Waals surface area (Å²) in [5, 5.41) is 12.7. The summed E-state index contributed by atoms with van der Waals surface area (Å²) in [5.41, 5.74) is 2.09. The van der Waals surface area contributed by atoms with Crippen LogP contribution >= 0.6 is 0 Å². The molecule has 1 heterocycles. The van der Waals surface area contributed by atoms with Gasteiger partial charge in [-0.3, -0.25) is 4.68 Å². The predicted octanol–water partition coefficient (Wildman–Crippen LogP) is 0.263. The third-order valence-electron chi connectivity index (χ3n) is 1.53. The van der Waals surface area contributed by atoms with E-state index in [0.717, 1.165) is 11.4 Å². The molecule has 0 radical (unpaired) electrons. The third kappa shape index (κ3) is 1.36. The van der Waals surface area contributed by atoms with E-state index in [1.807, 2.05) is 24.7 Å². The standard InChI is InChI=1S/C7H12N2O/c1-6-5-7(3-4-10)8-9(6)2/h5,10H,3-4H2,1-2H3. The van der Waals surface area contributed by atoms with Gasteiger partial charge >= 0.3 is 0 Å². The van der Waals surface area contributed by atoms with Gasteiger partial charge in [0.05, 0.1) is 5.69 Å². The first-order valence-electron chi connectivity index (χ1n) is 3.34. The fourth-order valence-electron chi connectivity index (χ4n) is 0.872. The monoisotopic (exact) mass is 140 g/mol. The molecule has 0 aliphatic heterocycles. The lowest BCUT2D eigenvalue weighted by atomic mass is 10.3. The Kier molecular flexibility index (Phi) is 2.06. The van der Waals surface area contributed by atoms with Crippen molar-refractivity contribution in [2.45, 2.75) is 13.3 Å². The number of nitrogens with zero attached hydrogens (tertiary/aromatic N) is 2. The first-order chi connectivity index (χ1) is 4.74. The molecule has 0 saturated heterocycles. The van der Waals surface area contributed by atoms with E-state index in [2.05, 4.69) is 5.10 Å². The van der Waals surface area contributed by atoms with Crippen LogP contribution in [0.3, 0.4) is 0 Å². The minimum Gasteiger partial charge on any atom is -0.396 e. The molecule has 56 valence electrons. The van der Waals surface area contributed by atoms with Crippen molar-refractivity contribution in [3.8, 4) is 0 Å². The van der Waals surface area contributed by atoms with Gasteiger partial charge in [0.25, 0.3) is 0 Å². The van der Waals surface area contributed by atoms with Crippen LogP contribution in [0.1, 0.15) is 11.4 Å². The highest BCUT2D eigenvalue weighted by molar-refractivity contribution is 5.08. The number of aliphatic hydroxyl groups is 1. The smallest absolute Gasteiger partial charge is 0.0650 e. The van der Waals surface area contributed by atoms with Gasteiger partial charge in [-0.2, -0.15) is 5.10 Å². The van der Waals surface area contributed by atoms with Crippen LogP contribution in [-0.2, 0) is 13.5 Å².